The van der Waals surface area contributed by atoms with Gasteiger partial charge in [-0.15, -0.1) is 0 Å². The highest BCUT2D eigenvalue weighted by Crippen LogP contribution is 2.14. The van der Waals surface area contributed by atoms with Crippen LogP contribution in [0.25, 0.3) is 0 Å². The number of hydrogen-bond donors (Lipinski definition) is 1. The van der Waals surface area contributed by atoms with E-state index in [9.17, 15) is 4.79 Å². The van der Waals surface area contributed by atoms with Crippen LogP contribution in [0.2, 0.25) is 5.02 Å². The van der Waals surface area contributed by atoms with Gasteiger partial charge in [-0.25, -0.2) is 0 Å². The molecule has 0 atom stereocenters. The number of nitrogens with zero attached hydrogens (tertiary/aromatic N) is 4. The molecule has 108 valence electrons. The minimum absolute atomic E-state index is 0.188. The number of nitrogens with one attached hydrogen (secondary N) is 1. The van der Waals surface area contributed by atoms with Crippen LogP contribution in [0.4, 0.5) is 0 Å². The van der Waals surface area contributed by atoms with E-state index in [1.165, 1.54) is 0 Å². The average molecular weight is 361 g/mol. The number of hydrogen-bond acceptors (Lipinski definition) is 3. The first-order valence-electron chi connectivity index (χ1n) is 6.14. The molecular weight excluding hydrogens is 346 g/mol. The first kappa shape index (κ1) is 15.1. The van der Waals surface area contributed by atoms with Crippen LogP contribution in [0.1, 0.15) is 22.6 Å². The second-order valence-corrected chi connectivity index (χ2v) is 5.70. The van der Waals surface area contributed by atoms with E-state index < -0.39 is 0 Å². The molecule has 0 aliphatic rings. The first-order valence-corrected chi connectivity index (χ1v) is 7.31. The summed E-state index contributed by atoms with van der Waals surface area (Å²) in [6, 6.07) is 0. The first-order chi connectivity index (χ1) is 9.47. The molecule has 0 aromatic carbocycles. The van der Waals surface area contributed by atoms with E-state index in [4.69, 9.17) is 11.6 Å². The van der Waals surface area contributed by atoms with Crippen LogP contribution in [0, 0.1) is 6.92 Å². The Morgan fingerprint density at radius 1 is 1.45 bits per heavy atom. The molecule has 2 heterocycles. The van der Waals surface area contributed by atoms with Crippen LogP contribution in [0.5, 0.6) is 0 Å². The van der Waals surface area contributed by atoms with Crippen molar-refractivity contribution >= 4 is 33.4 Å². The van der Waals surface area contributed by atoms with Gasteiger partial charge in [0.25, 0.3) is 5.91 Å². The van der Waals surface area contributed by atoms with Gasteiger partial charge in [-0.05, 0) is 29.3 Å². The summed E-state index contributed by atoms with van der Waals surface area (Å²) in [7, 11) is 1.77. The molecule has 2 rings (SSSR count). The van der Waals surface area contributed by atoms with E-state index in [1.807, 2.05) is 6.92 Å². The molecule has 8 heteroatoms. The fourth-order valence-corrected chi connectivity index (χ4v) is 2.45. The van der Waals surface area contributed by atoms with Crippen molar-refractivity contribution < 1.29 is 4.79 Å². The van der Waals surface area contributed by atoms with Gasteiger partial charge in [0.05, 0.1) is 15.2 Å². The van der Waals surface area contributed by atoms with Crippen molar-refractivity contribution in [2.24, 2.45) is 7.05 Å². The molecule has 0 fully saturated rings. The van der Waals surface area contributed by atoms with Crippen molar-refractivity contribution in [2.45, 2.75) is 19.9 Å². The van der Waals surface area contributed by atoms with Crippen molar-refractivity contribution in [2.75, 3.05) is 6.54 Å². The quantitative estimate of drug-likeness (QED) is 0.831. The summed E-state index contributed by atoms with van der Waals surface area (Å²) in [5.74, 6) is -0.188. The number of halogens is 2. The molecule has 0 radical (unpaired) electrons. The number of aryl methyl sites for hydroxylation is 3. The second kappa shape index (κ2) is 6.41. The summed E-state index contributed by atoms with van der Waals surface area (Å²) < 4.78 is 4.06. The molecule has 1 amide bonds. The van der Waals surface area contributed by atoms with Gasteiger partial charge in [-0.3, -0.25) is 14.2 Å². The van der Waals surface area contributed by atoms with Crippen molar-refractivity contribution in [3.63, 3.8) is 0 Å². The lowest BCUT2D eigenvalue weighted by Gasteiger charge is -2.04. The molecule has 2 aromatic heterocycles. The van der Waals surface area contributed by atoms with E-state index in [-0.39, 0.29) is 5.91 Å². The smallest absolute Gasteiger partial charge is 0.272 e. The van der Waals surface area contributed by atoms with Crippen LogP contribution in [0.15, 0.2) is 16.9 Å². The number of aromatic nitrogens is 4. The summed E-state index contributed by atoms with van der Waals surface area (Å²) >= 11 is 9.22. The van der Waals surface area contributed by atoms with E-state index in [2.05, 4.69) is 31.4 Å². The van der Waals surface area contributed by atoms with Crippen LogP contribution < -0.4 is 5.32 Å². The maximum Gasteiger partial charge on any atom is 0.272 e. The van der Waals surface area contributed by atoms with Crippen molar-refractivity contribution in [1.82, 2.24) is 24.9 Å². The monoisotopic (exact) mass is 359 g/mol. The zero-order valence-electron chi connectivity index (χ0n) is 11.2. The molecular formula is C12H15BrClN5O. The lowest BCUT2D eigenvalue weighted by Crippen LogP contribution is -2.26. The standard InChI is InChI=1S/C12H15BrClN5O/c1-8-10(14)7-19(16-8)5-3-4-15-12(20)11-9(13)6-18(2)17-11/h6-7H,3-5H2,1-2H3,(H,15,20). The van der Waals surface area contributed by atoms with Gasteiger partial charge in [0.2, 0.25) is 0 Å². The fourth-order valence-electron chi connectivity index (χ4n) is 1.75. The Hall–Kier alpha value is -1.34. The van der Waals surface area contributed by atoms with Gasteiger partial charge in [0.1, 0.15) is 0 Å². The Balaban J connectivity index is 1.78. The normalized spacial score (nSPS) is 10.8. The van der Waals surface area contributed by atoms with E-state index in [1.54, 1.807) is 28.8 Å². The van der Waals surface area contributed by atoms with Gasteiger partial charge in [0, 0.05) is 32.5 Å². The van der Waals surface area contributed by atoms with Gasteiger partial charge in [-0.2, -0.15) is 10.2 Å². The predicted octanol–water partition coefficient (Wildman–Crippen LogP) is 2.16. The number of rotatable bonds is 5. The number of carbonyl (C=O) groups excluding carboxylic acids is 1. The van der Waals surface area contributed by atoms with Gasteiger partial charge < -0.3 is 5.32 Å². The number of carbonyl (C=O) groups is 1. The minimum Gasteiger partial charge on any atom is -0.351 e. The van der Waals surface area contributed by atoms with E-state index in [0.29, 0.717) is 28.3 Å². The van der Waals surface area contributed by atoms with Crippen molar-refractivity contribution in [3.8, 4) is 0 Å². The third-order valence-electron chi connectivity index (χ3n) is 2.74. The molecule has 0 aliphatic carbocycles. The third-order valence-corrected chi connectivity index (χ3v) is 3.69. The highest BCUT2D eigenvalue weighted by molar-refractivity contribution is 9.10. The van der Waals surface area contributed by atoms with E-state index in [0.717, 1.165) is 12.1 Å². The highest BCUT2D eigenvalue weighted by Gasteiger charge is 2.13. The Morgan fingerprint density at radius 3 is 2.75 bits per heavy atom. The molecule has 0 saturated heterocycles. The third kappa shape index (κ3) is 3.61. The summed E-state index contributed by atoms with van der Waals surface area (Å²) in [4.78, 5) is 11.9. The Labute approximate surface area is 130 Å². The maximum absolute atomic E-state index is 11.9. The molecule has 0 unspecified atom stereocenters. The van der Waals surface area contributed by atoms with Crippen molar-refractivity contribution in [1.29, 1.82) is 0 Å². The van der Waals surface area contributed by atoms with Crippen LogP contribution in [-0.4, -0.2) is 32.0 Å². The summed E-state index contributed by atoms with van der Waals surface area (Å²) in [6.07, 6.45) is 4.30. The molecule has 20 heavy (non-hydrogen) atoms. The maximum atomic E-state index is 11.9. The zero-order chi connectivity index (χ0) is 14.7. The largest absolute Gasteiger partial charge is 0.351 e. The fraction of sp³-hybridized carbons (Fsp3) is 0.417. The molecule has 0 aliphatic heterocycles. The van der Waals surface area contributed by atoms with Gasteiger partial charge >= 0.3 is 0 Å². The minimum atomic E-state index is -0.188. The summed E-state index contributed by atoms with van der Waals surface area (Å²) in [5, 5.41) is 11.8. The number of amides is 1. The Morgan fingerprint density at radius 2 is 2.20 bits per heavy atom. The lowest BCUT2D eigenvalue weighted by molar-refractivity contribution is 0.0946. The van der Waals surface area contributed by atoms with E-state index >= 15 is 0 Å². The molecule has 0 bridgehead atoms. The zero-order valence-corrected chi connectivity index (χ0v) is 13.6. The molecule has 1 N–H and O–H groups in total. The summed E-state index contributed by atoms with van der Waals surface area (Å²) in [5.41, 5.74) is 1.21. The van der Waals surface area contributed by atoms with Gasteiger partial charge in [-0.1, -0.05) is 11.6 Å². The topological polar surface area (TPSA) is 64.7 Å². The second-order valence-electron chi connectivity index (χ2n) is 4.43. The lowest BCUT2D eigenvalue weighted by atomic mass is 10.3. The van der Waals surface area contributed by atoms with Crippen LogP contribution in [0.3, 0.4) is 0 Å². The predicted molar refractivity (Wildman–Crippen MR) is 79.8 cm³/mol. The highest BCUT2D eigenvalue weighted by atomic mass is 79.9. The van der Waals surface area contributed by atoms with Crippen LogP contribution >= 0.6 is 27.5 Å². The summed E-state index contributed by atoms with van der Waals surface area (Å²) in [6.45, 7) is 3.12. The van der Waals surface area contributed by atoms with Crippen LogP contribution in [-0.2, 0) is 13.6 Å². The molecule has 6 nitrogen and oxygen atoms in total. The van der Waals surface area contributed by atoms with Gasteiger partial charge in [0.15, 0.2) is 5.69 Å². The Bertz CT molecular complexity index is 602. The molecule has 0 spiro atoms. The van der Waals surface area contributed by atoms with Crippen molar-refractivity contribution in [3.05, 3.63) is 33.3 Å². The molecule has 2 aromatic rings. The SMILES string of the molecule is Cc1nn(CCCNC(=O)c2nn(C)cc2Br)cc1Cl. The Kier molecular flexibility index (Phi) is 4.82. The average Bonchev–Trinajstić information content (AvgIpc) is 2.88. The molecule has 0 saturated carbocycles.